The predicted molar refractivity (Wildman–Crippen MR) is 71.1 cm³/mol. The Labute approximate surface area is 115 Å². The van der Waals surface area contributed by atoms with E-state index in [0.717, 1.165) is 0 Å². The van der Waals surface area contributed by atoms with Crippen LogP contribution in [0.1, 0.15) is 29.1 Å². The number of hydrogen-bond donors (Lipinski definition) is 2. The molecule has 0 aliphatic rings. The van der Waals surface area contributed by atoms with E-state index in [4.69, 9.17) is 11.5 Å². The quantitative estimate of drug-likeness (QED) is 0.582. The van der Waals surface area contributed by atoms with E-state index < -0.39 is 12.1 Å². The van der Waals surface area contributed by atoms with Crippen molar-refractivity contribution in [3.8, 4) is 0 Å². The fourth-order valence-corrected chi connectivity index (χ4v) is 1.91. The Bertz CT molecular complexity index is 372. The molecule has 0 aliphatic carbocycles. The highest BCUT2D eigenvalue weighted by atomic mass is 35.5. The van der Waals surface area contributed by atoms with Crippen molar-refractivity contribution in [1.82, 2.24) is 4.98 Å². The molecule has 1 rings (SSSR count). The van der Waals surface area contributed by atoms with Gasteiger partial charge < -0.3 is 16.2 Å². The maximum atomic E-state index is 11.7. The van der Waals surface area contributed by atoms with Gasteiger partial charge in [-0.2, -0.15) is 0 Å². The van der Waals surface area contributed by atoms with E-state index in [0.29, 0.717) is 24.3 Å². The Balaban J connectivity index is 0.00000289. The summed E-state index contributed by atoms with van der Waals surface area (Å²) in [7, 11) is 0. The zero-order valence-electron chi connectivity index (χ0n) is 9.70. The zero-order valence-corrected chi connectivity index (χ0v) is 11.3. The molecule has 0 unspecified atom stereocenters. The number of primary amides is 1. The fourth-order valence-electron chi connectivity index (χ4n) is 1.27. The van der Waals surface area contributed by atoms with Crippen molar-refractivity contribution in [2.75, 3.05) is 6.61 Å². The number of unbranched alkanes of at least 4 members (excludes halogenated alkanes) is 1. The van der Waals surface area contributed by atoms with Gasteiger partial charge in [0.2, 0.25) is 5.78 Å². The summed E-state index contributed by atoms with van der Waals surface area (Å²) in [5, 5.41) is 2.17. The molecule has 8 heteroatoms. The van der Waals surface area contributed by atoms with Gasteiger partial charge in [0.1, 0.15) is 0 Å². The Morgan fingerprint density at radius 2 is 2.17 bits per heavy atom. The number of nitrogens with zero attached hydrogens (tertiary/aromatic N) is 1. The lowest BCUT2D eigenvalue weighted by molar-refractivity contribution is 0.0953. The number of hydrogen-bond acceptors (Lipinski definition) is 6. The van der Waals surface area contributed by atoms with Crippen LogP contribution < -0.4 is 11.5 Å². The molecule has 0 bridgehead atoms. The number of rotatable bonds is 7. The first-order valence-corrected chi connectivity index (χ1v) is 6.10. The molecule has 0 saturated heterocycles. The topological polar surface area (TPSA) is 108 Å². The second kappa shape index (κ2) is 8.84. The van der Waals surface area contributed by atoms with Crippen LogP contribution in [0.4, 0.5) is 4.79 Å². The van der Waals surface area contributed by atoms with Crippen molar-refractivity contribution in [3.63, 3.8) is 0 Å². The van der Waals surface area contributed by atoms with Crippen molar-refractivity contribution in [2.45, 2.75) is 25.3 Å². The Kier molecular flexibility index (Phi) is 8.27. The van der Waals surface area contributed by atoms with Crippen molar-refractivity contribution >= 4 is 35.6 Å². The van der Waals surface area contributed by atoms with Gasteiger partial charge in [-0.3, -0.25) is 4.79 Å². The highest BCUT2D eigenvalue weighted by molar-refractivity contribution is 7.11. The summed E-state index contributed by atoms with van der Waals surface area (Å²) in [6.07, 6.45) is 2.67. The van der Waals surface area contributed by atoms with E-state index in [9.17, 15) is 9.59 Å². The van der Waals surface area contributed by atoms with Gasteiger partial charge in [0, 0.05) is 11.6 Å². The lowest BCUT2D eigenvalue weighted by Crippen LogP contribution is -2.30. The second-order valence-corrected chi connectivity index (χ2v) is 4.37. The van der Waals surface area contributed by atoms with Crippen LogP contribution in [0.3, 0.4) is 0 Å². The molecule has 1 heterocycles. The minimum atomic E-state index is -0.784. The number of halogens is 1. The van der Waals surface area contributed by atoms with Gasteiger partial charge in [0.25, 0.3) is 0 Å². The lowest BCUT2D eigenvalue weighted by atomic mass is 10.1. The van der Waals surface area contributed by atoms with Gasteiger partial charge in [0.05, 0.1) is 12.6 Å². The number of carbonyl (C=O) groups excluding carboxylic acids is 2. The molecule has 0 saturated carbocycles. The summed E-state index contributed by atoms with van der Waals surface area (Å²) < 4.78 is 4.56. The van der Waals surface area contributed by atoms with Crippen molar-refractivity contribution in [1.29, 1.82) is 0 Å². The monoisotopic (exact) mass is 293 g/mol. The molecule has 0 radical (unpaired) electrons. The molecule has 18 heavy (non-hydrogen) atoms. The third-order valence-corrected chi connectivity index (χ3v) is 2.92. The molecule has 1 aromatic rings. The minimum absolute atomic E-state index is 0. The van der Waals surface area contributed by atoms with Gasteiger partial charge in [-0.25, -0.2) is 9.78 Å². The smallest absolute Gasteiger partial charge is 0.404 e. The minimum Gasteiger partial charge on any atom is -0.450 e. The molecule has 1 atom stereocenters. The molecular weight excluding hydrogens is 278 g/mol. The summed E-state index contributed by atoms with van der Waals surface area (Å²) in [4.78, 5) is 25.9. The molecule has 0 aromatic carbocycles. The molecule has 1 aromatic heterocycles. The van der Waals surface area contributed by atoms with Crippen LogP contribution in [-0.4, -0.2) is 29.5 Å². The summed E-state index contributed by atoms with van der Waals surface area (Å²) in [5.41, 5.74) is 10.5. The Hall–Kier alpha value is -1.18. The third-order valence-electron chi connectivity index (χ3n) is 2.13. The number of Topliss-reactive ketones (excluding diaryl/α,β-unsaturated/α-hetero) is 1. The fraction of sp³-hybridized carbons (Fsp3) is 0.500. The van der Waals surface area contributed by atoms with Crippen LogP contribution in [-0.2, 0) is 4.74 Å². The van der Waals surface area contributed by atoms with Gasteiger partial charge in [-0.1, -0.05) is 0 Å². The highest BCUT2D eigenvalue weighted by Crippen LogP contribution is 2.10. The van der Waals surface area contributed by atoms with Crippen LogP contribution in [0.25, 0.3) is 0 Å². The molecule has 0 fully saturated rings. The van der Waals surface area contributed by atoms with Crippen LogP contribution in [0.15, 0.2) is 11.6 Å². The first-order chi connectivity index (χ1) is 8.11. The normalized spacial score (nSPS) is 11.4. The molecule has 0 spiro atoms. The van der Waals surface area contributed by atoms with Crippen molar-refractivity contribution < 1.29 is 14.3 Å². The summed E-state index contributed by atoms with van der Waals surface area (Å²) in [6, 6.07) is -0.547. The number of carbonyl (C=O) groups is 2. The molecule has 0 aliphatic heterocycles. The van der Waals surface area contributed by atoms with Crippen LogP contribution in [0.5, 0.6) is 0 Å². The molecule has 102 valence electrons. The first kappa shape index (κ1) is 16.8. The predicted octanol–water partition coefficient (Wildman–Crippen LogP) is 1.34. The van der Waals surface area contributed by atoms with Crippen LogP contribution in [0.2, 0.25) is 0 Å². The van der Waals surface area contributed by atoms with Gasteiger partial charge in [0.15, 0.2) is 5.01 Å². The summed E-state index contributed by atoms with van der Waals surface area (Å²) >= 11 is 1.28. The lowest BCUT2D eigenvalue weighted by Gasteiger charge is -2.08. The number of amides is 1. The molecular formula is C10H16ClN3O3S. The van der Waals surface area contributed by atoms with Crippen LogP contribution in [0, 0.1) is 0 Å². The highest BCUT2D eigenvalue weighted by Gasteiger charge is 2.17. The number of ether oxygens (including phenoxy) is 1. The van der Waals surface area contributed by atoms with Gasteiger partial charge in [-0.05, 0) is 19.3 Å². The average Bonchev–Trinajstić information content (AvgIpc) is 2.80. The van der Waals surface area contributed by atoms with E-state index >= 15 is 0 Å². The summed E-state index contributed by atoms with van der Waals surface area (Å²) in [5.74, 6) is -0.143. The molecule has 6 nitrogen and oxygen atoms in total. The van der Waals surface area contributed by atoms with Gasteiger partial charge >= 0.3 is 6.09 Å². The number of nitrogens with two attached hydrogens (primary N) is 2. The number of thiazole rings is 1. The number of aromatic nitrogens is 1. The van der Waals surface area contributed by atoms with E-state index in [1.165, 1.54) is 11.3 Å². The Morgan fingerprint density at radius 3 is 2.72 bits per heavy atom. The standard InChI is InChI=1S/C10H15N3O3S.ClH/c11-7(3-1-2-5-16-10(12)15)8(14)9-13-4-6-17-9;/h4,6-7H,1-3,5,11H2,(H2,12,15);1H/t7-;/m0./s1. The molecule has 4 N–H and O–H groups in total. The zero-order chi connectivity index (χ0) is 12.7. The van der Waals surface area contributed by atoms with Gasteiger partial charge in [-0.15, -0.1) is 23.7 Å². The maximum absolute atomic E-state index is 11.7. The number of ketones is 1. The largest absolute Gasteiger partial charge is 0.450 e. The summed E-state index contributed by atoms with van der Waals surface area (Å²) in [6.45, 7) is 0.257. The first-order valence-electron chi connectivity index (χ1n) is 5.22. The van der Waals surface area contributed by atoms with E-state index in [-0.39, 0.29) is 24.8 Å². The van der Waals surface area contributed by atoms with Crippen LogP contribution >= 0.6 is 23.7 Å². The molecule has 1 amide bonds. The average molecular weight is 294 g/mol. The van der Waals surface area contributed by atoms with E-state index in [2.05, 4.69) is 9.72 Å². The van der Waals surface area contributed by atoms with E-state index in [1.807, 2.05) is 0 Å². The maximum Gasteiger partial charge on any atom is 0.404 e. The third kappa shape index (κ3) is 5.95. The second-order valence-electron chi connectivity index (χ2n) is 3.47. The van der Waals surface area contributed by atoms with E-state index in [1.54, 1.807) is 11.6 Å². The Morgan fingerprint density at radius 1 is 1.44 bits per heavy atom. The van der Waals surface area contributed by atoms with Crippen molar-refractivity contribution in [3.05, 3.63) is 16.6 Å². The van der Waals surface area contributed by atoms with Crippen molar-refractivity contribution in [2.24, 2.45) is 11.5 Å². The SMILES string of the molecule is Cl.NC(=O)OCCCC[C@H](N)C(=O)c1nccs1.